The van der Waals surface area contributed by atoms with Crippen LogP contribution in [0.2, 0.25) is 0 Å². The van der Waals surface area contributed by atoms with E-state index in [9.17, 15) is 14.9 Å². The summed E-state index contributed by atoms with van der Waals surface area (Å²) in [6, 6.07) is 4.54. The summed E-state index contributed by atoms with van der Waals surface area (Å²) in [5.41, 5.74) is -0.0858. The minimum Gasteiger partial charge on any atom is -0.371 e. The van der Waals surface area contributed by atoms with Gasteiger partial charge in [0.15, 0.2) is 0 Å². The van der Waals surface area contributed by atoms with E-state index in [0.717, 1.165) is 0 Å². The van der Waals surface area contributed by atoms with Gasteiger partial charge in [0.2, 0.25) is 5.91 Å². The molecule has 0 saturated carbocycles. The predicted molar refractivity (Wildman–Crippen MR) is 77.2 cm³/mol. The highest BCUT2D eigenvalue weighted by atomic mass is 79.9. The molecule has 7 heteroatoms. The molecule has 19 heavy (non-hydrogen) atoms. The van der Waals surface area contributed by atoms with E-state index in [2.05, 4.69) is 26.6 Å². The Labute approximate surface area is 119 Å². The number of hydrogen-bond donors (Lipinski definition) is 2. The first-order valence-electron chi connectivity index (χ1n) is 5.68. The molecular formula is C12H16BrN3O3. The summed E-state index contributed by atoms with van der Waals surface area (Å²) < 4.78 is 0.705. The predicted octanol–water partition coefficient (Wildman–Crippen LogP) is 2.68. The minimum absolute atomic E-state index is 0.0193. The topological polar surface area (TPSA) is 84.3 Å². The van der Waals surface area contributed by atoms with Crippen LogP contribution in [-0.4, -0.2) is 22.9 Å². The Morgan fingerprint density at radius 3 is 2.58 bits per heavy atom. The Bertz CT molecular complexity index is 497. The van der Waals surface area contributed by atoms with Crippen molar-refractivity contribution in [2.75, 3.05) is 11.9 Å². The second kappa shape index (κ2) is 6.01. The average Bonchev–Trinajstić information content (AvgIpc) is 2.23. The van der Waals surface area contributed by atoms with Crippen LogP contribution in [0.1, 0.15) is 20.8 Å². The van der Waals surface area contributed by atoms with Crippen molar-refractivity contribution in [2.45, 2.75) is 26.3 Å². The zero-order chi connectivity index (χ0) is 14.6. The van der Waals surface area contributed by atoms with Crippen LogP contribution >= 0.6 is 15.9 Å². The Hall–Kier alpha value is -1.63. The number of benzene rings is 1. The van der Waals surface area contributed by atoms with Crippen LogP contribution in [0.15, 0.2) is 22.7 Å². The number of nitro benzene ring substituents is 1. The minimum atomic E-state index is -0.490. The lowest BCUT2D eigenvalue weighted by atomic mass is 10.1. The molecule has 0 heterocycles. The van der Waals surface area contributed by atoms with Gasteiger partial charge in [-0.3, -0.25) is 14.9 Å². The maximum atomic E-state index is 11.6. The molecule has 0 aliphatic carbocycles. The SMILES string of the molecule is CC(C)(C)NC(=O)CNc1cc(Br)ccc1[N+](=O)[O-]. The fraction of sp³-hybridized carbons (Fsp3) is 0.417. The van der Waals surface area contributed by atoms with Crippen LogP contribution in [0, 0.1) is 10.1 Å². The lowest BCUT2D eigenvalue weighted by Gasteiger charge is -2.20. The molecule has 2 N–H and O–H groups in total. The lowest BCUT2D eigenvalue weighted by Crippen LogP contribution is -2.43. The van der Waals surface area contributed by atoms with Crippen molar-refractivity contribution in [3.63, 3.8) is 0 Å². The van der Waals surface area contributed by atoms with Crippen molar-refractivity contribution in [1.82, 2.24) is 5.32 Å². The molecule has 0 saturated heterocycles. The maximum absolute atomic E-state index is 11.6. The van der Waals surface area contributed by atoms with E-state index in [0.29, 0.717) is 10.2 Å². The molecular weight excluding hydrogens is 314 g/mol. The molecule has 1 aromatic rings. The third kappa shape index (κ3) is 5.25. The average molecular weight is 330 g/mol. The van der Waals surface area contributed by atoms with E-state index in [1.165, 1.54) is 6.07 Å². The quantitative estimate of drug-likeness (QED) is 0.657. The third-order valence-corrected chi connectivity index (χ3v) is 2.60. The van der Waals surface area contributed by atoms with Gasteiger partial charge in [-0.05, 0) is 32.9 Å². The van der Waals surface area contributed by atoms with Gasteiger partial charge in [0.25, 0.3) is 5.69 Å². The number of nitro groups is 1. The molecule has 1 amide bonds. The lowest BCUT2D eigenvalue weighted by molar-refractivity contribution is -0.384. The van der Waals surface area contributed by atoms with Gasteiger partial charge < -0.3 is 10.6 Å². The molecule has 0 bridgehead atoms. The van der Waals surface area contributed by atoms with Crippen molar-refractivity contribution >= 4 is 33.2 Å². The van der Waals surface area contributed by atoms with E-state index in [1.54, 1.807) is 12.1 Å². The maximum Gasteiger partial charge on any atom is 0.292 e. The Morgan fingerprint density at radius 2 is 2.05 bits per heavy atom. The second-order valence-corrected chi connectivity index (χ2v) is 5.99. The first-order chi connectivity index (χ1) is 8.69. The largest absolute Gasteiger partial charge is 0.371 e. The standard InChI is InChI=1S/C12H16BrN3O3/c1-12(2,3)15-11(17)7-14-9-6-8(13)4-5-10(9)16(18)19/h4-6,14H,7H2,1-3H3,(H,15,17). The number of carbonyl (C=O) groups excluding carboxylic acids is 1. The Balaban J connectivity index is 2.75. The summed E-state index contributed by atoms with van der Waals surface area (Å²) in [5.74, 6) is -0.221. The van der Waals surface area contributed by atoms with Crippen molar-refractivity contribution < 1.29 is 9.72 Å². The van der Waals surface area contributed by atoms with Crippen LogP contribution in [-0.2, 0) is 4.79 Å². The Morgan fingerprint density at radius 1 is 1.42 bits per heavy atom. The fourth-order valence-corrected chi connectivity index (χ4v) is 1.81. The van der Waals surface area contributed by atoms with Gasteiger partial charge in [-0.1, -0.05) is 15.9 Å². The van der Waals surface area contributed by atoms with Gasteiger partial charge in [-0.2, -0.15) is 0 Å². The van der Waals surface area contributed by atoms with E-state index >= 15 is 0 Å². The fourth-order valence-electron chi connectivity index (χ4n) is 1.45. The molecule has 0 aliphatic heterocycles. The van der Waals surface area contributed by atoms with Crippen LogP contribution < -0.4 is 10.6 Å². The smallest absolute Gasteiger partial charge is 0.292 e. The van der Waals surface area contributed by atoms with Gasteiger partial charge in [0.05, 0.1) is 11.5 Å². The molecule has 6 nitrogen and oxygen atoms in total. The molecule has 0 aromatic heterocycles. The normalized spacial score (nSPS) is 10.9. The number of nitrogens with zero attached hydrogens (tertiary/aromatic N) is 1. The van der Waals surface area contributed by atoms with E-state index < -0.39 is 4.92 Å². The summed E-state index contributed by atoms with van der Waals surface area (Å²) >= 11 is 3.24. The molecule has 0 spiro atoms. The second-order valence-electron chi connectivity index (χ2n) is 5.07. The first-order valence-corrected chi connectivity index (χ1v) is 6.47. The molecule has 0 fully saturated rings. The molecule has 0 radical (unpaired) electrons. The zero-order valence-electron chi connectivity index (χ0n) is 11.0. The molecule has 104 valence electrons. The van der Waals surface area contributed by atoms with Crippen molar-refractivity contribution in [3.05, 3.63) is 32.8 Å². The van der Waals surface area contributed by atoms with Crippen LogP contribution in [0.3, 0.4) is 0 Å². The van der Waals surface area contributed by atoms with Crippen LogP contribution in [0.4, 0.5) is 11.4 Å². The molecule has 0 aliphatic rings. The molecule has 0 atom stereocenters. The molecule has 0 unspecified atom stereocenters. The molecule has 1 aromatic carbocycles. The highest BCUT2D eigenvalue weighted by Gasteiger charge is 2.16. The summed E-state index contributed by atoms with van der Waals surface area (Å²) in [6.07, 6.45) is 0. The Kier molecular flexibility index (Phi) is 4.88. The van der Waals surface area contributed by atoms with E-state index in [1.807, 2.05) is 20.8 Å². The first kappa shape index (κ1) is 15.4. The van der Waals surface area contributed by atoms with Gasteiger partial charge >= 0.3 is 0 Å². The summed E-state index contributed by atoms with van der Waals surface area (Å²) in [6.45, 7) is 5.58. The van der Waals surface area contributed by atoms with Gasteiger partial charge in [-0.25, -0.2) is 0 Å². The molecule has 1 rings (SSSR count). The van der Waals surface area contributed by atoms with Crippen molar-refractivity contribution in [2.24, 2.45) is 0 Å². The van der Waals surface area contributed by atoms with Gasteiger partial charge in [0.1, 0.15) is 5.69 Å². The number of halogens is 1. The van der Waals surface area contributed by atoms with Crippen LogP contribution in [0.25, 0.3) is 0 Å². The summed E-state index contributed by atoms with van der Waals surface area (Å²) in [7, 11) is 0. The number of hydrogen-bond acceptors (Lipinski definition) is 4. The highest BCUT2D eigenvalue weighted by molar-refractivity contribution is 9.10. The van der Waals surface area contributed by atoms with Gasteiger partial charge in [0, 0.05) is 16.1 Å². The third-order valence-electron chi connectivity index (χ3n) is 2.11. The summed E-state index contributed by atoms with van der Waals surface area (Å²) in [4.78, 5) is 22.0. The number of rotatable bonds is 4. The van der Waals surface area contributed by atoms with E-state index in [4.69, 9.17) is 0 Å². The monoisotopic (exact) mass is 329 g/mol. The summed E-state index contributed by atoms with van der Waals surface area (Å²) in [5, 5.41) is 16.4. The zero-order valence-corrected chi connectivity index (χ0v) is 12.6. The van der Waals surface area contributed by atoms with Gasteiger partial charge in [-0.15, -0.1) is 0 Å². The van der Waals surface area contributed by atoms with E-state index in [-0.39, 0.29) is 23.7 Å². The number of carbonyl (C=O) groups is 1. The number of anilines is 1. The number of nitrogens with one attached hydrogen (secondary N) is 2. The van der Waals surface area contributed by atoms with Crippen molar-refractivity contribution in [1.29, 1.82) is 0 Å². The number of amides is 1. The van der Waals surface area contributed by atoms with Crippen molar-refractivity contribution in [3.8, 4) is 0 Å². The highest BCUT2D eigenvalue weighted by Crippen LogP contribution is 2.27. The van der Waals surface area contributed by atoms with Crippen LogP contribution in [0.5, 0.6) is 0 Å².